The summed E-state index contributed by atoms with van der Waals surface area (Å²) < 4.78 is 0. The van der Waals surface area contributed by atoms with Crippen LogP contribution >= 0.6 is 11.6 Å². The van der Waals surface area contributed by atoms with Gasteiger partial charge >= 0.3 is 0 Å². The Bertz CT molecular complexity index is 506. The van der Waals surface area contributed by atoms with Crippen LogP contribution in [0, 0.1) is 0 Å². The lowest BCUT2D eigenvalue weighted by Gasteiger charge is -2.46. The van der Waals surface area contributed by atoms with E-state index in [4.69, 9.17) is 11.6 Å². The van der Waals surface area contributed by atoms with Crippen LogP contribution in [-0.2, 0) is 0 Å². The molecule has 0 aliphatic carbocycles. The highest BCUT2D eigenvalue weighted by molar-refractivity contribution is 6.30. The van der Waals surface area contributed by atoms with E-state index in [1.54, 1.807) is 24.3 Å². The first kappa shape index (κ1) is 17.3. The minimum absolute atomic E-state index is 0.0174. The monoisotopic (exact) mass is 324 g/mol. The summed E-state index contributed by atoms with van der Waals surface area (Å²) in [6, 6.07) is 7.35. The minimum Gasteiger partial charge on any atom is -0.390 e. The fourth-order valence-corrected chi connectivity index (χ4v) is 3.00. The molecule has 3 atom stereocenters. The van der Waals surface area contributed by atoms with Crippen LogP contribution in [-0.4, -0.2) is 59.1 Å². The third-order valence-electron chi connectivity index (χ3n) is 4.58. The number of likely N-dealkylation sites (N-methyl/N-ethyl adjacent to an activating group) is 1. The van der Waals surface area contributed by atoms with E-state index in [1.807, 2.05) is 18.9 Å². The van der Waals surface area contributed by atoms with Crippen LogP contribution in [0.4, 0.5) is 0 Å². The van der Waals surface area contributed by atoms with Crippen molar-refractivity contribution in [3.63, 3.8) is 0 Å². The van der Waals surface area contributed by atoms with E-state index in [0.717, 1.165) is 19.4 Å². The van der Waals surface area contributed by atoms with Crippen molar-refractivity contribution >= 4 is 17.5 Å². The normalized spacial score (nSPS) is 23.0. The molecule has 1 saturated heterocycles. The number of aliphatic hydroxyl groups is 1. The number of hydrogen-bond donors (Lipinski definition) is 1. The van der Waals surface area contributed by atoms with Crippen LogP contribution in [0.1, 0.15) is 37.0 Å². The van der Waals surface area contributed by atoms with Crippen LogP contribution < -0.4 is 0 Å². The molecule has 4 nitrogen and oxygen atoms in total. The third kappa shape index (κ3) is 3.80. The van der Waals surface area contributed by atoms with Crippen molar-refractivity contribution in [1.82, 2.24) is 9.80 Å². The topological polar surface area (TPSA) is 43.8 Å². The largest absolute Gasteiger partial charge is 0.390 e. The van der Waals surface area contributed by atoms with Gasteiger partial charge in [0.1, 0.15) is 0 Å². The maximum absolute atomic E-state index is 12.6. The zero-order valence-electron chi connectivity index (χ0n) is 13.5. The van der Waals surface area contributed by atoms with Gasteiger partial charge in [0.2, 0.25) is 0 Å². The maximum Gasteiger partial charge on any atom is 0.253 e. The van der Waals surface area contributed by atoms with E-state index < -0.39 is 0 Å². The van der Waals surface area contributed by atoms with Crippen LogP contribution in [0.3, 0.4) is 0 Å². The van der Waals surface area contributed by atoms with Gasteiger partial charge in [-0.3, -0.25) is 9.69 Å². The van der Waals surface area contributed by atoms with Crippen molar-refractivity contribution < 1.29 is 9.90 Å². The van der Waals surface area contributed by atoms with E-state index in [-0.39, 0.29) is 24.1 Å². The lowest BCUT2D eigenvalue weighted by molar-refractivity contribution is -0.0614. The van der Waals surface area contributed by atoms with Gasteiger partial charge in [-0.25, -0.2) is 0 Å². The highest BCUT2D eigenvalue weighted by Gasteiger charge is 2.36. The van der Waals surface area contributed by atoms with Crippen molar-refractivity contribution in [3.8, 4) is 0 Å². The summed E-state index contributed by atoms with van der Waals surface area (Å²) in [5, 5.41) is 10.3. The highest BCUT2D eigenvalue weighted by atomic mass is 35.5. The highest BCUT2D eigenvalue weighted by Crippen LogP contribution is 2.21. The summed E-state index contributed by atoms with van der Waals surface area (Å²) in [5.74, 6) is 0.0174. The molecule has 3 unspecified atom stereocenters. The second-order valence-corrected chi connectivity index (χ2v) is 6.56. The third-order valence-corrected chi connectivity index (χ3v) is 4.83. The number of halogens is 1. The average Bonchev–Trinajstić information content (AvgIpc) is 2.52. The van der Waals surface area contributed by atoms with Gasteiger partial charge < -0.3 is 10.0 Å². The van der Waals surface area contributed by atoms with Gasteiger partial charge in [-0.1, -0.05) is 24.9 Å². The Labute approximate surface area is 137 Å². The summed E-state index contributed by atoms with van der Waals surface area (Å²) in [7, 11) is 1.86. The number of carbonyl (C=O) groups excluding carboxylic acids is 1. The van der Waals surface area contributed by atoms with Crippen LogP contribution in [0.25, 0.3) is 0 Å². The molecule has 1 aliphatic heterocycles. The molecule has 122 valence electrons. The van der Waals surface area contributed by atoms with Crippen LogP contribution in [0.15, 0.2) is 24.3 Å². The summed E-state index contributed by atoms with van der Waals surface area (Å²) in [4.78, 5) is 16.7. The zero-order chi connectivity index (χ0) is 16.3. The molecule has 1 fully saturated rings. The molecule has 1 amide bonds. The van der Waals surface area contributed by atoms with Gasteiger partial charge in [0.15, 0.2) is 0 Å². The quantitative estimate of drug-likeness (QED) is 0.875. The fraction of sp³-hybridized carbons (Fsp3) is 0.588. The second kappa shape index (κ2) is 7.44. The van der Waals surface area contributed by atoms with E-state index in [2.05, 4.69) is 11.8 Å². The first-order valence-electron chi connectivity index (χ1n) is 7.88. The molecule has 0 spiro atoms. The molecular formula is C17H25ClN2O2. The molecule has 0 saturated carbocycles. The Kier molecular flexibility index (Phi) is 5.84. The molecule has 0 radical (unpaired) electrons. The van der Waals surface area contributed by atoms with Gasteiger partial charge in [0.05, 0.1) is 6.10 Å². The summed E-state index contributed by atoms with van der Waals surface area (Å²) in [5.41, 5.74) is 0.657. The number of nitrogens with zero attached hydrogens (tertiary/aromatic N) is 2. The number of amides is 1. The lowest BCUT2D eigenvalue weighted by Crippen LogP contribution is -2.61. The number of carbonyl (C=O) groups is 1. The van der Waals surface area contributed by atoms with Gasteiger partial charge in [0, 0.05) is 42.8 Å². The van der Waals surface area contributed by atoms with Gasteiger partial charge in [0.25, 0.3) is 5.91 Å². The van der Waals surface area contributed by atoms with Gasteiger partial charge in [-0.15, -0.1) is 0 Å². The van der Waals surface area contributed by atoms with E-state index in [1.165, 1.54) is 0 Å². The Morgan fingerprint density at radius 1 is 1.45 bits per heavy atom. The maximum atomic E-state index is 12.6. The number of β-amino-alcohol motifs (C(OH)–C–C–N with tert-alkyl or cyclic N) is 1. The Morgan fingerprint density at radius 3 is 2.59 bits per heavy atom. The van der Waals surface area contributed by atoms with Crippen molar-refractivity contribution in [1.29, 1.82) is 0 Å². The number of hydrogen-bond acceptors (Lipinski definition) is 3. The van der Waals surface area contributed by atoms with Gasteiger partial charge in [-0.2, -0.15) is 0 Å². The predicted octanol–water partition coefficient (Wildman–Crippen LogP) is 2.65. The fourth-order valence-electron chi connectivity index (χ4n) is 2.88. The van der Waals surface area contributed by atoms with E-state index in [9.17, 15) is 9.90 Å². The Morgan fingerprint density at radius 2 is 2.09 bits per heavy atom. The SMILES string of the molecule is CCCC(CN1CC(O)C1C)N(C)C(=O)c1ccc(Cl)cc1. The first-order chi connectivity index (χ1) is 10.4. The summed E-state index contributed by atoms with van der Waals surface area (Å²) in [6.07, 6.45) is 1.74. The lowest BCUT2D eigenvalue weighted by atomic mass is 9.98. The molecule has 1 heterocycles. The Hall–Kier alpha value is -1.10. The van der Waals surface area contributed by atoms with E-state index in [0.29, 0.717) is 17.1 Å². The van der Waals surface area contributed by atoms with Crippen molar-refractivity contribution in [2.45, 2.75) is 44.9 Å². The smallest absolute Gasteiger partial charge is 0.253 e. The number of aliphatic hydroxyl groups excluding tert-OH is 1. The number of rotatable bonds is 6. The molecule has 5 heteroatoms. The molecule has 1 N–H and O–H groups in total. The average molecular weight is 325 g/mol. The van der Waals surface area contributed by atoms with Crippen LogP contribution in [0.2, 0.25) is 5.02 Å². The van der Waals surface area contributed by atoms with Gasteiger partial charge in [-0.05, 0) is 37.6 Å². The Balaban J connectivity index is 2.03. The number of benzene rings is 1. The minimum atomic E-state index is -0.237. The zero-order valence-corrected chi connectivity index (χ0v) is 14.3. The van der Waals surface area contributed by atoms with Crippen molar-refractivity contribution in [2.75, 3.05) is 20.1 Å². The van der Waals surface area contributed by atoms with Crippen molar-refractivity contribution in [2.24, 2.45) is 0 Å². The molecule has 1 aliphatic rings. The summed E-state index contributed by atoms with van der Waals surface area (Å²) in [6.45, 7) is 5.66. The second-order valence-electron chi connectivity index (χ2n) is 6.13. The molecule has 0 aromatic heterocycles. The molecule has 1 aromatic carbocycles. The van der Waals surface area contributed by atoms with Crippen molar-refractivity contribution in [3.05, 3.63) is 34.9 Å². The molecule has 22 heavy (non-hydrogen) atoms. The molecule has 1 aromatic rings. The summed E-state index contributed by atoms with van der Waals surface area (Å²) >= 11 is 5.88. The van der Waals surface area contributed by atoms with Crippen LogP contribution in [0.5, 0.6) is 0 Å². The van der Waals surface area contributed by atoms with E-state index >= 15 is 0 Å². The molecule has 2 rings (SSSR count). The standard InChI is InChI=1S/C17H25ClN2O2/c1-4-5-15(10-20-11-16(21)12(20)2)19(3)17(22)13-6-8-14(18)9-7-13/h6-9,12,15-16,21H,4-5,10-11H2,1-3H3. The first-order valence-corrected chi connectivity index (χ1v) is 8.26. The molecular weight excluding hydrogens is 300 g/mol. The number of likely N-dealkylation sites (tertiary alicyclic amines) is 1. The predicted molar refractivity (Wildman–Crippen MR) is 89.3 cm³/mol. The molecule has 0 bridgehead atoms.